The first kappa shape index (κ1) is 12.4. The monoisotopic (exact) mass is 236 g/mol. The van der Waals surface area contributed by atoms with Crippen LogP contribution in [0.1, 0.15) is 30.5 Å². The van der Waals surface area contributed by atoms with Crippen LogP contribution in [0.3, 0.4) is 0 Å². The summed E-state index contributed by atoms with van der Waals surface area (Å²) in [5.41, 5.74) is 3.32. The van der Waals surface area contributed by atoms with Gasteiger partial charge in [0.05, 0.1) is 25.4 Å². The molecule has 1 aromatic carbocycles. The van der Waals surface area contributed by atoms with Gasteiger partial charge < -0.3 is 14.2 Å². The van der Waals surface area contributed by atoms with Gasteiger partial charge in [0.2, 0.25) is 0 Å². The van der Waals surface area contributed by atoms with E-state index in [1.54, 1.807) is 0 Å². The lowest BCUT2D eigenvalue weighted by atomic mass is 9.99. The normalized spacial score (nSPS) is 18.4. The molecule has 0 saturated carbocycles. The van der Waals surface area contributed by atoms with Gasteiger partial charge in [-0.15, -0.1) is 0 Å². The molecule has 0 amide bonds. The van der Waals surface area contributed by atoms with E-state index in [4.69, 9.17) is 14.2 Å². The molecule has 0 N–H and O–H groups in total. The lowest BCUT2D eigenvalue weighted by Crippen LogP contribution is -2.24. The number of rotatable bonds is 3. The zero-order valence-corrected chi connectivity index (χ0v) is 11.0. The second kappa shape index (κ2) is 4.67. The topological polar surface area (TPSA) is 27.7 Å². The Bertz CT molecular complexity index is 406. The van der Waals surface area contributed by atoms with Crippen LogP contribution in [-0.4, -0.2) is 19.8 Å². The minimum Gasteiger partial charge on any atom is -0.493 e. The highest BCUT2D eigenvalue weighted by atomic mass is 16.7. The smallest absolute Gasteiger partial charge is 0.195 e. The third-order valence-electron chi connectivity index (χ3n) is 3.04. The standard InChI is InChI=1S/C14H20O3/c1-5-15-13-11(3)8-10(2)9-12(13)14(4)16-6-7-17-14/h8-9H,5-7H2,1-4H3. The Morgan fingerprint density at radius 2 is 1.88 bits per heavy atom. The third-order valence-corrected chi connectivity index (χ3v) is 3.04. The molecule has 0 atom stereocenters. The van der Waals surface area contributed by atoms with Crippen LogP contribution < -0.4 is 4.74 Å². The molecule has 1 saturated heterocycles. The second-order valence-corrected chi connectivity index (χ2v) is 4.53. The van der Waals surface area contributed by atoms with Crippen molar-refractivity contribution in [1.29, 1.82) is 0 Å². The van der Waals surface area contributed by atoms with Crippen molar-refractivity contribution in [2.45, 2.75) is 33.5 Å². The van der Waals surface area contributed by atoms with Gasteiger partial charge in [-0.2, -0.15) is 0 Å². The zero-order chi connectivity index (χ0) is 12.5. The fraction of sp³-hybridized carbons (Fsp3) is 0.571. The Morgan fingerprint density at radius 1 is 1.24 bits per heavy atom. The number of ether oxygens (including phenoxy) is 3. The van der Waals surface area contributed by atoms with Crippen LogP contribution in [0.25, 0.3) is 0 Å². The molecule has 1 aliphatic rings. The Morgan fingerprint density at radius 3 is 2.47 bits per heavy atom. The van der Waals surface area contributed by atoms with Gasteiger partial charge >= 0.3 is 0 Å². The predicted molar refractivity (Wildman–Crippen MR) is 66.3 cm³/mol. The van der Waals surface area contributed by atoms with Crippen LogP contribution in [0.5, 0.6) is 5.75 Å². The van der Waals surface area contributed by atoms with E-state index in [-0.39, 0.29) is 0 Å². The lowest BCUT2D eigenvalue weighted by Gasteiger charge is -2.26. The molecule has 0 aromatic heterocycles. The lowest BCUT2D eigenvalue weighted by molar-refractivity contribution is -0.150. The van der Waals surface area contributed by atoms with E-state index in [1.165, 1.54) is 5.56 Å². The Hall–Kier alpha value is -1.06. The van der Waals surface area contributed by atoms with E-state index in [2.05, 4.69) is 26.0 Å². The molecule has 1 aromatic rings. The first-order chi connectivity index (χ1) is 8.07. The quantitative estimate of drug-likeness (QED) is 0.807. The molecule has 17 heavy (non-hydrogen) atoms. The fourth-order valence-corrected chi connectivity index (χ4v) is 2.30. The van der Waals surface area contributed by atoms with E-state index in [0.717, 1.165) is 16.9 Å². The average molecular weight is 236 g/mol. The maximum Gasteiger partial charge on any atom is 0.195 e. The Labute approximate surface area is 103 Å². The van der Waals surface area contributed by atoms with Crippen LogP contribution >= 0.6 is 0 Å². The summed E-state index contributed by atoms with van der Waals surface area (Å²) < 4.78 is 17.2. The van der Waals surface area contributed by atoms with Gasteiger partial charge in [0.1, 0.15) is 5.75 Å². The molecule has 3 nitrogen and oxygen atoms in total. The van der Waals surface area contributed by atoms with Gasteiger partial charge in [0.25, 0.3) is 0 Å². The summed E-state index contributed by atoms with van der Waals surface area (Å²) >= 11 is 0. The van der Waals surface area contributed by atoms with Crippen LogP contribution in [-0.2, 0) is 15.3 Å². The van der Waals surface area contributed by atoms with Crippen LogP contribution in [0.2, 0.25) is 0 Å². The van der Waals surface area contributed by atoms with Gasteiger partial charge in [0, 0.05) is 0 Å². The summed E-state index contributed by atoms with van der Waals surface area (Å²) in [7, 11) is 0. The van der Waals surface area contributed by atoms with Crippen LogP contribution in [0, 0.1) is 13.8 Å². The first-order valence-corrected chi connectivity index (χ1v) is 6.09. The van der Waals surface area contributed by atoms with Gasteiger partial charge in [-0.05, 0) is 39.3 Å². The van der Waals surface area contributed by atoms with Gasteiger partial charge in [-0.1, -0.05) is 11.6 Å². The van der Waals surface area contributed by atoms with E-state index < -0.39 is 5.79 Å². The Balaban J connectivity index is 2.50. The number of aryl methyl sites for hydroxylation is 2. The summed E-state index contributed by atoms with van der Waals surface area (Å²) in [6.45, 7) is 9.99. The first-order valence-electron chi connectivity index (χ1n) is 6.09. The highest BCUT2D eigenvalue weighted by molar-refractivity contribution is 5.46. The van der Waals surface area contributed by atoms with Crippen molar-refractivity contribution in [3.8, 4) is 5.75 Å². The maximum atomic E-state index is 5.74. The number of hydrogen-bond donors (Lipinski definition) is 0. The molecule has 0 radical (unpaired) electrons. The molecule has 0 bridgehead atoms. The van der Waals surface area contributed by atoms with Gasteiger partial charge in [-0.25, -0.2) is 0 Å². The van der Waals surface area contributed by atoms with Crippen molar-refractivity contribution in [3.63, 3.8) is 0 Å². The fourth-order valence-electron chi connectivity index (χ4n) is 2.30. The highest BCUT2D eigenvalue weighted by Gasteiger charge is 2.36. The van der Waals surface area contributed by atoms with E-state index in [1.807, 2.05) is 13.8 Å². The number of benzene rings is 1. The Kier molecular flexibility index (Phi) is 3.40. The molecule has 3 heteroatoms. The van der Waals surface area contributed by atoms with Crippen molar-refractivity contribution in [3.05, 3.63) is 28.8 Å². The molecular formula is C14H20O3. The van der Waals surface area contributed by atoms with Crippen molar-refractivity contribution in [1.82, 2.24) is 0 Å². The minimum atomic E-state index is -0.665. The van der Waals surface area contributed by atoms with Crippen LogP contribution in [0.15, 0.2) is 12.1 Å². The molecule has 1 aliphatic heterocycles. The zero-order valence-electron chi connectivity index (χ0n) is 11.0. The van der Waals surface area contributed by atoms with E-state index in [9.17, 15) is 0 Å². The predicted octanol–water partition coefficient (Wildman–Crippen LogP) is 2.92. The van der Waals surface area contributed by atoms with E-state index >= 15 is 0 Å². The summed E-state index contributed by atoms with van der Waals surface area (Å²) in [4.78, 5) is 0. The molecule has 0 unspecified atom stereocenters. The van der Waals surface area contributed by atoms with E-state index in [0.29, 0.717) is 19.8 Å². The van der Waals surface area contributed by atoms with Gasteiger partial charge in [0.15, 0.2) is 5.79 Å². The molecular weight excluding hydrogens is 216 g/mol. The average Bonchev–Trinajstić information content (AvgIpc) is 2.70. The molecule has 2 rings (SSSR count). The highest BCUT2D eigenvalue weighted by Crippen LogP contribution is 2.39. The summed E-state index contributed by atoms with van der Waals surface area (Å²) in [5, 5.41) is 0. The second-order valence-electron chi connectivity index (χ2n) is 4.53. The SMILES string of the molecule is CCOc1c(C)cc(C)cc1C1(C)OCCO1. The van der Waals surface area contributed by atoms with Crippen molar-refractivity contribution in [2.24, 2.45) is 0 Å². The van der Waals surface area contributed by atoms with Crippen molar-refractivity contribution >= 4 is 0 Å². The molecule has 1 fully saturated rings. The third kappa shape index (κ3) is 2.31. The summed E-state index contributed by atoms with van der Waals surface area (Å²) in [6.07, 6.45) is 0. The maximum absolute atomic E-state index is 5.74. The van der Waals surface area contributed by atoms with Crippen LogP contribution in [0.4, 0.5) is 0 Å². The van der Waals surface area contributed by atoms with Gasteiger partial charge in [-0.3, -0.25) is 0 Å². The summed E-state index contributed by atoms with van der Waals surface area (Å²) in [5.74, 6) is 0.226. The minimum absolute atomic E-state index is 0.634. The molecule has 0 aliphatic carbocycles. The largest absolute Gasteiger partial charge is 0.493 e. The number of hydrogen-bond acceptors (Lipinski definition) is 3. The molecule has 1 heterocycles. The van der Waals surface area contributed by atoms with Crippen molar-refractivity contribution < 1.29 is 14.2 Å². The van der Waals surface area contributed by atoms with Crippen molar-refractivity contribution in [2.75, 3.05) is 19.8 Å². The summed E-state index contributed by atoms with van der Waals surface area (Å²) in [6, 6.07) is 4.20. The molecule has 94 valence electrons. The molecule has 0 spiro atoms.